The van der Waals surface area contributed by atoms with Crippen molar-refractivity contribution in [2.75, 3.05) is 13.1 Å². The Morgan fingerprint density at radius 3 is 2.61 bits per heavy atom. The van der Waals surface area contributed by atoms with Gasteiger partial charge < -0.3 is 14.8 Å². The van der Waals surface area contributed by atoms with Crippen LogP contribution in [0.5, 0.6) is 0 Å². The number of fused-ring (bicyclic) bond motifs is 4. The fourth-order valence-electron chi connectivity index (χ4n) is 4.62. The smallest absolute Gasteiger partial charge is 0.246 e. The fourth-order valence-corrected chi connectivity index (χ4v) is 4.62. The summed E-state index contributed by atoms with van der Waals surface area (Å²) in [7, 11) is 0. The van der Waals surface area contributed by atoms with E-state index in [4.69, 9.17) is 0 Å². The van der Waals surface area contributed by atoms with Gasteiger partial charge in [0.25, 0.3) is 0 Å². The van der Waals surface area contributed by atoms with E-state index in [1.807, 2.05) is 48.5 Å². The molecule has 3 heterocycles. The monoisotopic (exact) mass is 371 g/mol. The number of nitrogens with one attached hydrogen (secondary N) is 1. The summed E-state index contributed by atoms with van der Waals surface area (Å²) in [5, 5.41) is 1.12. The number of carbonyl (C=O) groups is 2. The standard InChI is InChI=1S/C23H21N3O2/c1-2-12-25-14-20(27)26-19(23(25)28)13-17-16-10-6-7-11-18(16)24-21(17)22(26)15-8-4-3-5-9-15/h2-11,19,22,24H,1,12-14H2/t19-,22-/m0/s1. The molecule has 0 bridgehead atoms. The number of aromatic amines is 1. The first kappa shape index (κ1) is 16.8. The molecule has 2 aliphatic rings. The van der Waals surface area contributed by atoms with E-state index < -0.39 is 6.04 Å². The van der Waals surface area contributed by atoms with Crippen molar-refractivity contribution in [3.05, 3.63) is 84.1 Å². The topological polar surface area (TPSA) is 56.4 Å². The summed E-state index contributed by atoms with van der Waals surface area (Å²) >= 11 is 0. The van der Waals surface area contributed by atoms with Crippen molar-refractivity contribution < 1.29 is 9.59 Å². The van der Waals surface area contributed by atoms with E-state index in [-0.39, 0.29) is 24.4 Å². The van der Waals surface area contributed by atoms with E-state index in [2.05, 4.69) is 17.6 Å². The van der Waals surface area contributed by atoms with Crippen LogP contribution in [0.1, 0.15) is 22.9 Å². The maximum Gasteiger partial charge on any atom is 0.246 e. The van der Waals surface area contributed by atoms with Crippen LogP contribution in [0, 0.1) is 0 Å². The first-order chi connectivity index (χ1) is 13.7. The Morgan fingerprint density at radius 1 is 1.07 bits per heavy atom. The van der Waals surface area contributed by atoms with Gasteiger partial charge >= 0.3 is 0 Å². The van der Waals surface area contributed by atoms with E-state index in [0.29, 0.717) is 13.0 Å². The molecule has 3 aromatic rings. The number of para-hydroxylation sites is 1. The summed E-state index contributed by atoms with van der Waals surface area (Å²) in [4.78, 5) is 33.3. The van der Waals surface area contributed by atoms with Crippen LogP contribution in [0.4, 0.5) is 0 Å². The molecular weight excluding hydrogens is 350 g/mol. The maximum atomic E-state index is 13.2. The largest absolute Gasteiger partial charge is 0.356 e. The lowest BCUT2D eigenvalue weighted by Crippen LogP contribution is -2.62. The van der Waals surface area contributed by atoms with Crippen LogP contribution in [-0.4, -0.2) is 45.7 Å². The molecule has 0 aliphatic carbocycles. The van der Waals surface area contributed by atoms with Crippen LogP contribution < -0.4 is 0 Å². The molecule has 28 heavy (non-hydrogen) atoms. The molecule has 5 rings (SSSR count). The number of carbonyl (C=O) groups excluding carboxylic acids is 2. The molecule has 2 aromatic carbocycles. The molecule has 1 aromatic heterocycles. The number of hydrogen-bond acceptors (Lipinski definition) is 2. The van der Waals surface area contributed by atoms with E-state index in [1.54, 1.807) is 15.9 Å². The summed E-state index contributed by atoms with van der Waals surface area (Å²) in [6.45, 7) is 4.22. The average Bonchev–Trinajstić information content (AvgIpc) is 3.09. The molecule has 1 fully saturated rings. The van der Waals surface area contributed by atoms with E-state index >= 15 is 0 Å². The summed E-state index contributed by atoms with van der Waals surface area (Å²) < 4.78 is 0. The summed E-state index contributed by atoms with van der Waals surface area (Å²) in [5.74, 6) is -0.0269. The normalized spacial score (nSPS) is 21.6. The zero-order valence-corrected chi connectivity index (χ0v) is 15.5. The molecule has 1 N–H and O–H groups in total. The van der Waals surface area contributed by atoms with E-state index in [9.17, 15) is 9.59 Å². The predicted molar refractivity (Wildman–Crippen MR) is 108 cm³/mol. The Labute approximate surface area is 163 Å². The molecule has 2 amide bonds. The first-order valence-corrected chi connectivity index (χ1v) is 9.54. The minimum Gasteiger partial charge on any atom is -0.356 e. The second-order valence-electron chi connectivity index (χ2n) is 7.40. The van der Waals surface area contributed by atoms with E-state index in [0.717, 1.165) is 27.7 Å². The fraction of sp³-hybridized carbons (Fsp3) is 0.217. The zero-order chi connectivity index (χ0) is 19.3. The molecular formula is C23H21N3O2. The van der Waals surface area contributed by atoms with Crippen molar-refractivity contribution in [3.63, 3.8) is 0 Å². The molecule has 2 aliphatic heterocycles. The number of aromatic nitrogens is 1. The lowest BCUT2D eigenvalue weighted by Gasteiger charge is -2.47. The van der Waals surface area contributed by atoms with E-state index in [1.165, 1.54) is 0 Å². The number of piperazine rings is 1. The lowest BCUT2D eigenvalue weighted by molar-refractivity contribution is -0.158. The van der Waals surface area contributed by atoms with Crippen molar-refractivity contribution in [2.45, 2.75) is 18.5 Å². The molecule has 0 saturated carbocycles. The third kappa shape index (κ3) is 2.39. The van der Waals surface area contributed by atoms with Crippen molar-refractivity contribution in [1.29, 1.82) is 0 Å². The van der Waals surface area contributed by atoms with Gasteiger partial charge in [0.05, 0.1) is 6.04 Å². The van der Waals surface area contributed by atoms with Crippen LogP contribution >= 0.6 is 0 Å². The van der Waals surface area contributed by atoms with Gasteiger partial charge in [-0.2, -0.15) is 0 Å². The van der Waals surface area contributed by atoms with Gasteiger partial charge in [-0.1, -0.05) is 54.6 Å². The highest BCUT2D eigenvalue weighted by Crippen LogP contribution is 2.42. The molecule has 0 unspecified atom stereocenters. The highest BCUT2D eigenvalue weighted by atomic mass is 16.2. The Hall–Kier alpha value is -3.34. The number of rotatable bonds is 3. The lowest BCUT2D eigenvalue weighted by atomic mass is 9.86. The number of hydrogen-bond donors (Lipinski definition) is 1. The van der Waals surface area contributed by atoms with Crippen molar-refractivity contribution in [1.82, 2.24) is 14.8 Å². The molecule has 0 spiro atoms. The third-order valence-corrected chi connectivity index (χ3v) is 5.81. The van der Waals surface area contributed by atoms with Crippen LogP contribution in [0.3, 0.4) is 0 Å². The minimum atomic E-state index is -0.488. The predicted octanol–water partition coefficient (Wildman–Crippen LogP) is 3.04. The maximum absolute atomic E-state index is 13.2. The number of amides is 2. The second kappa shape index (κ2) is 6.37. The Balaban J connectivity index is 1.72. The van der Waals surface area contributed by atoms with Crippen LogP contribution in [0.2, 0.25) is 0 Å². The summed E-state index contributed by atoms with van der Waals surface area (Å²) in [6, 6.07) is 17.3. The Bertz CT molecular complexity index is 1090. The first-order valence-electron chi connectivity index (χ1n) is 9.54. The average molecular weight is 371 g/mol. The quantitative estimate of drug-likeness (QED) is 0.720. The number of nitrogens with zero attached hydrogens (tertiary/aromatic N) is 2. The van der Waals surface area contributed by atoms with Gasteiger partial charge in [-0.15, -0.1) is 6.58 Å². The molecule has 140 valence electrons. The minimum absolute atomic E-state index is 0.00337. The van der Waals surface area contributed by atoms with Gasteiger partial charge in [-0.25, -0.2) is 0 Å². The second-order valence-corrected chi connectivity index (χ2v) is 7.40. The van der Waals surface area contributed by atoms with Gasteiger partial charge in [0.15, 0.2) is 0 Å². The van der Waals surface area contributed by atoms with Gasteiger partial charge in [-0.3, -0.25) is 9.59 Å². The van der Waals surface area contributed by atoms with Gasteiger partial charge in [0.2, 0.25) is 11.8 Å². The molecule has 5 heteroatoms. The molecule has 5 nitrogen and oxygen atoms in total. The number of H-pyrrole nitrogens is 1. The van der Waals surface area contributed by atoms with Crippen molar-refractivity contribution in [3.8, 4) is 0 Å². The van der Waals surface area contributed by atoms with Crippen LogP contribution in [0.25, 0.3) is 10.9 Å². The highest BCUT2D eigenvalue weighted by Gasteiger charge is 2.47. The molecule has 2 atom stereocenters. The third-order valence-electron chi connectivity index (χ3n) is 5.81. The van der Waals surface area contributed by atoms with Gasteiger partial charge in [0.1, 0.15) is 12.6 Å². The molecule has 0 radical (unpaired) electrons. The SMILES string of the molecule is C=CCN1CC(=O)N2[C@@H](c3ccccc3)c3[nH]c4ccccc4c3C[C@H]2C1=O. The van der Waals surface area contributed by atoms with Gasteiger partial charge in [0, 0.05) is 29.6 Å². The van der Waals surface area contributed by atoms with Crippen LogP contribution in [-0.2, 0) is 16.0 Å². The summed E-state index contributed by atoms with van der Waals surface area (Å²) in [5.41, 5.74) is 4.20. The van der Waals surface area contributed by atoms with Crippen molar-refractivity contribution >= 4 is 22.7 Å². The summed E-state index contributed by atoms with van der Waals surface area (Å²) in [6.07, 6.45) is 2.20. The van der Waals surface area contributed by atoms with Gasteiger partial charge in [-0.05, 0) is 17.2 Å². The Kier molecular flexibility index (Phi) is 3.83. The number of benzene rings is 2. The zero-order valence-electron chi connectivity index (χ0n) is 15.5. The molecule has 1 saturated heterocycles. The van der Waals surface area contributed by atoms with Crippen LogP contribution in [0.15, 0.2) is 67.3 Å². The van der Waals surface area contributed by atoms with Crippen molar-refractivity contribution in [2.24, 2.45) is 0 Å². The highest BCUT2D eigenvalue weighted by molar-refractivity contribution is 5.97. The Morgan fingerprint density at radius 2 is 1.82 bits per heavy atom.